The number of hydrogen-bond acceptors (Lipinski definition) is 4. The van der Waals surface area contributed by atoms with Crippen LogP contribution in [-0.2, 0) is 18.8 Å². The molecule has 2 aromatic carbocycles. The van der Waals surface area contributed by atoms with Crippen molar-refractivity contribution in [2.45, 2.75) is 25.6 Å². The van der Waals surface area contributed by atoms with Crippen LogP contribution in [0.3, 0.4) is 0 Å². The lowest BCUT2D eigenvalue weighted by Gasteiger charge is -2.26. The largest absolute Gasteiger partial charge is 0.480 e. The summed E-state index contributed by atoms with van der Waals surface area (Å²) < 4.78 is 47.5. The van der Waals surface area contributed by atoms with Crippen LogP contribution in [0.1, 0.15) is 25.2 Å². The van der Waals surface area contributed by atoms with Crippen LogP contribution in [-0.4, -0.2) is 14.8 Å². The molecule has 28 heavy (non-hydrogen) atoms. The van der Waals surface area contributed by atoms with Gasteiger partial charge in [0.05, 0.1) is 16.3 Å². The van der Waals surface area contributed by atoms with Crippen LogP contribution in [0, 0.1) is 0 Å². The summed E-state index contributed by atoms with van der Waals surface area (Å²) in [6, 6.07) is 10.1. The maximum atomic E-state index is 13.4. The average molecular weight is 411 g/mol. The van der Waals surface area contributed by atoms with E-state index in [4.69, 9.17) is 22.1 Å². The van der Waals surface area contributed by atoms with E-state index in [-0.39, 0.29) is 11.4 Å². The highest BCUT2D eigenvalue weighted by Gasteiger charge is 2.36. The molecule has 0 aliphatic heterocycles. The number of ether oxygens (including phenoxy) is 1. The molecule has 0 atom stereocenters. The number of hydrogen-bond donors (Lipinski definition) is 1. The SMILES string of the molecule is Cn1c(-c2ccccc2C(F)(F)F)nnc1C(C)(C)Oc1ccc(N)c(Cl)c1. The second-order valence-electron chi connectivity index (χ2n) is 6.75. The van der Waals surface area contributed by atoms with E-state index < -0.39 is 17.3 Å². The minimum atomic E-state index is -4.50. The van der Waals surface area contributed by atoms with Crippen LogP contribution in [0.2, 0.25) is 5.02 Å². The molecule has 1 heterocycles. The third kappa shape index (κ3) is 3.77. The van der Waals surface area contributed by atoms with E-state index in [1.54, 1.807) is 39.1 Å². The lowest BCUT2D eigenvalue weighted by Crippen LogP contribution is -2.29. The number of alkyl halides is 3. The van der Waals surface area contributed by atoms with Gasteiger partial charge in [0, 0.05) is 18.7 Å². The molecular weight excluding hydrogens is 393 g/mol. The van der Waals surface area contributed by atoms with E-state index >= 15 is 0 Å². The van der Waals surface area contributed by atoms with Crippen molar-refractivity contribution in [1.82, 2.24) is 14.8 Å². The molecule has 0 unspecified atom stereocenters. The molecule has 0 aliphatic rings. The van der Waals surface area contributed by atoms with Crippen LogP contribution < -0.4 is 10.5 Å². The summed E-state index contributed by atoms with van der Waals surface area (Å²) in [5.74, 6) is 0.895. The Bertz CT molecular complexity index is 1010. The van der Waals surface area contributed by atoms with Crippen molar-refractivity contribution >= 4 is 17.3 Å². The lowest BCUT2D eigenvalue weighted by atomic mass is 10.1. The number of rotatable bonds is 4. The molecule has 5 nitrogen and oxygen atoms in total. The topological polar surface area (TPSA) is 66.0 Å². The van der Waals surface area contributed by atoms with Gasteiger partial charge >= 0.3 is 6.18 Å². The number of anilines is 1. The van der Waals surface area contributed by atoms with Crippen molar-refractivity contribution in [3.63, 3.8) is 0 Å². The number of nitrogens with two attached hydrogens (primary N) is 1. The van der Waals surface area contributed by atoms with Crippen molar-refractivity contribution in [2.24, 2.45) is 7.05 Å². The predicted octanol–water partition coefficient (Wildman–Crippen LogP) is 5.05. The normalized spacial score (nSPS) is 12.2. The van der Waals surface area contributed by atoms with Crippen molar-refractivity contribution in [1.29, 1.82) is 0 Å². The number of nitrogen functional groups attached to an aromatic ring is 1. The fourth-order valence-electron chi connectivity index (χ4n) is 2.92. The third-order valence-electron chi connectivity index (χ3n) is 4.23. The van der Waals surface area contributed by atoms with E-state index in [0.717, 1.165) is 6.07 Å². The third-order valence-corrected chi connectivity index (χ3v) is 4.56. The Labute approximate surface area is 164 Å². The van der Waals surface area contributed by atoms with E-state index in [2.05, 4.69) is 10.2 Å². The summed E-state index contributed by atoms with van der Waals surface area (Å²) >= 11 is 6.02. The average Bonchev–Trinajstić information content (AvgIpc) is 2.99. The zero-order valence-corrected chi connectivity index (χ0v) is 16.1. The Morgan fingerprint density at radius 2 is 1.75 bits per heavy atom. The molecule has 0 radical (unpaired) electrons. The fraction of sp³-hybridized carbons (Fsp3) is 0.263. The van der Waals surface area contributed by atoms with Gasteiger partial charge in [0.2, 0.25) is 0 Å². The molecule has 0 aliphatic carbocycles. The first-order valence-corrected chi connectivity index (χ1v) is 8.69. The van der Waals surface area contributed by atoms with Crippen LogP contribution in [0.5, 0.6) is 5.75 Å². The van der Waals surface area contributed by atoms with Crippen molar-refractivity contribution < 1.29 is 17.9 Å². The van der Waals surface area contributed by atoms with Gasteiger partial charge < -0.3 is 15.0 Å². The van der Waals surface area contributed by atoms with Gasteiger partial charge in [-0.15, -0.1) is 10.2 Å². The first kappa shape index (κ1) is 20.0. The van der Waals surface area contributed by atoms with E-state index in [1.165, 1.54) is 22.8 Å². The van der Waals surface area contributed by atoms with Gasteiger partial charge in [-0.1, -0.05) is 29.8 Å². The lowest BCUT2D eigenvalue weighted by molar-refractivity contribution is -0.137. The zero-order valence-electron chi connectivity index (χ0n) is 15.4. The second kappa shape index (κ2) is 7.01. The molecule has 0 saturated heterocycles. The summed E-state index contributed by atoms with van der Waals surface area (Å²) in [7, 11) is 1.60. The summed E-state index contributed by atoms with van der Waals surface area (Å²) in [4.78, 5) is 0. The van der Waals surface area contributed by atoms with E-state index in [9.17, 15) is 13.2 Å². The van der Waals surface area contributed by atoms with Crippen LogP contribution >= 0.6 is 11.6 Å². The molecule has 3 aromatic rings. The van der Waals surface area contributed by atoms with Gasteiger partial charge in [-0.3, -0.25) is 0 Å². The van der Waals surface area contributed by atoms with Gasteiger partial charge in [-0.25, -0.2) is 0 Å². The minimum absolute atomic E-state index is 0.0532. The molecule has 0 fully saturated rings. The second-order valence-corrected chi connectivity index (χ2v) is 7.15. The molecule has 0 saturated carbocycles. The highest BCUT2D eigenvalue weighted by atomic mass is 35.5. The Balaban J connectivity index is 2.00. The van der Waals surface area contributed by atoms with Crippen LogP contribution in [0.15, 0.2) is 42.5 Å². The van der Waals surface area contributed by atoms with Gasteiger partial charge in [-0.05, 0) is 32.0 Å². The summed E-state index contributed by atoms with van der Waals surface area (Å²) in [5, 5.41) is 8.41. The molecule has 3 rings (SSSR count). The molecule has 0 spiro atoms. The number of nitrogens with zero attached hydrogens (tertiary/aromatic N) is 3. The summed E-state index contributed by atoms with van der Waals surface area (Å²) in [6.07, 6.45) is -4.50. The van der Waals surface area contributed by atoms with E-state index in [1.807, 2.05) is 0 Å². The van der Waals surface area contributed by atoms with Crippen LogP contribution in [0.25, 0.3) is 11.4 Å². The minimum Gasteiger partial charge on any atom is -0.480 e. The van der Waals surface area contributed by atoms with Crippen LogP contribution in [0.4, 0.5) is 18.9 Å². The first-order valence-electron chi connectivity index (χ1n) is 8.31. The van der Waals surface area contributed by atoms with Gasteiger partial charge in [0.25, 0.3) is 0 Å². The molecule has 0 bridgehead atoms. The molecular formula is C19H18ClF3N4O. The Morgan fingerprint density at radius 3 is 2.39 bits per heavy atom. The smallest absolute Gasteiger partial charge is 0.417 e. The van der Waals surface area contributed by atoms with Crippen molar-refractivity contribution in [3.8, 4) is 17.1 Å². The Hall–Kier alpha value is -2.74. The summed E-state index contributed by atoms with van der Waals surface area (Å²) in [6.45, 7) is 3.47. The van der Waals surface area contributed by atoms with Crippen molar-refractivity contribution in [3.05, 3.63) is 58.9 Å². The van der Waals surface area contributed by atoms with Gasteiger partial charge in [0.1, 0.15) is 5.75 Å². The first-order chi connectivity index (χ1) is 13.0. The zero-order chi connectivity index (χ0) is 20.7. The number of benzene rings is 2. The molecule has 0 amide bonds. The Kier molecular flexibility index (Phi) is 5.01. The van der Waals surface area contributed by atoms with Gasteiger partial charge in [-0.2, -0.15) is 13.2 Å². The predicted molar refractivity (Wildman–Crippen MR) is 101 cm³/mol. The highest BCUT2D eigenvalue weighted by molar-refractivity contribution is 6.33. The van der Waals surface area contributed by atoms with E-state index in [0.29, 0.717) is 22.3 Å². The molecule has 2 N–H and O–H groups in total. The number of aromatic nitrogens is 3. The number of halogens is 4. The maximum absolute atomic E-state index is 13.4. The summed E-state index contributed by atoms with van der Waals surface area (Å²) in [5.41, 5.74) is 4.29. The molecule has 9 heteroatoms. The fourth-order valence-corrected chi connectivity index (χ4v) is 3.10. The van der Waals surface area contributed by atoms with Gasteiger partial charge in [0.15, 0.2) is 17.2 Å². The molecule has 148 valence electrons. The monoisotopic (exact) mass is 410 g/mol. The van der Waals surface area contributed by atoms with Crippen molar-refractivity contribution in [2.75, 3.05) is 5.73 Å². The standard InChI is InChI=1S/C19H18ClF3N4O/c1-18(2,28-11-8-9-15(24)14(20)10-11)17-26-25-16(27(17)3)12-6-4-5-7-13(12)19(21,22)23/h4-10H,24H2,1-3H3. The highest BCUT2D eigenvalue weighted by Crippen LogP contribution is 2.37. The maximum Gasteiger partial charge on any atom is 0.417 e. The molecule has 1 aromatic heterocycles. The Morgan fingerprint density at radius 1 is 1.07 bits per heavy atom. The quantitative estimate of drug-likeness (QED) is 0.611.